The zero-order chi connectivity index (χ0) is 12.3. The van der Waals surface area contributed by atoms with Crippen LogP contribution in [0.2, 0.25) is 0 Å². The van der Waals surface area contributed by atoms with Gasteiger partial charge in [-0.3, -0.25) is 4.79 Å². The number of hydrogen-bond acceptors (Lipinski definition) is 3. The molecule has 0 unspecified atom stereocenters. The Labute approximate surface area is 103 Å². The number of aliphatic carboxylic acids is 1. The summed E-state index contributed by atoms with van der Waals surface area (Å²) < 4.78 is 0. The summed E-state index contributed by atoms with van der Waals surface area (Å²) in [6, 6.07) is 1.52. The van der Waals surface area contributed by atoms with E-state index in [4.69, 9.17) is 5.11 Å². The molecule has 1 aromatic heterocycles. The van der Waals surface area contributed by atoms with Crippen LogP contribution < -0.4 is 10.6 Å². The Hall–Kier alpha value is -1.56. The molecule has 0 aliphatic heterocycles. The molecule has 5 nitrogen and oxygen atoms in total. The first kappa shape index (κ1) is 11.9. The Morgan fingerprint density at radius 1 is 1.41 bits per heavy atom. The lowest BCUT2D eigenvalue weighted by Crippen LogP contribution is -2.36. The van der Waals surface area contributed by atoms with E-state index in [-0.39, 0.29) is 18.0 Å². The van der Waals surface area contributed by atoms with Gasteiger partial charge in [-0.15, -0.1) is 0 Å². The summed E-state index contributed by atoms with van der Waals surface area (Å²) >= 11 is 1.51. The zero-order valence-electron chi connectivity index (χ0n) is 9.18. The van der Waals surface area contributed by atoms with Gasteiger partial charge in [0.2, 0.25) is 0 Å². The summed E-state index contributed by atoms with van der Waals surface area (Å²) in [5.41, 5.74) is 0.764. The number of carboxylic acids is 1. The number of urea groups is 1. The van der Waals surface area contributed by atoms with Gasteiger partial charge in [-0.25, -0.2) is 4.79 Å². The highest BCUT2D eigenvalue weighted by Crippen LogP contribution is 2.25. The molecule has 0 radical (unpaired) electrons. The molecule has 1 aliphatic carbocycles. The Morgan fingerprint density at radius 3 is 2.82 bits per heavy atom. The fraction of sp³-hybridized carbons (Fsp3) is 0.455. The fourth-order valence-corrected chi connectivity index (χ4v) is 2.61. The normalized spacial score (nSPS) is 23.3. The second kappa shape index (κ2) is 5.18. The molecule has 3 N–H and O–H groups in total. The minimum absolute atomic E-state index is 0.0327. The molecule has 1 heterocycles. The molecule has 0 bridgehead atoms. The number of nitrogens with one attached hydrogen (secondary N) is 2. The Bertz CT molecular complexity index is 405. The number of rotatable bonds is 3. The second-order valence-corrected chi connectivity index (χ2v) is 4.94. The van der Waals surface area contributed by atoms with E-state index < -0.39 is 5.97 Å². The van der Waals surface area contributed by atoms with E-state index in [2.05, 4.69) is 10.6 Å². The molecular weight excluding hydrogens is 240 g/mol. The van der Waals surface area contributed by atoms with E-state index in [1.165, 1.54) is 11.3 Å². The molecule has 92 valence electrons. The standard InChI is InChI=1S/C11H14N2O3S/c14-10(15)7-1-2-8(5-7)12-11(16)13-9-3-4-17-6-9/h3-4,6-8H,1-2,5H2,(H,14,15)(H2,12,13,16)/t7-,8+/m1/s1. The molecule has 2 amide bonds. The number of carbonyl (C=O) groups excluding carboxylic acids is 1. The molecule has 1 saturated carbocycles. The summed E-state index contributed by atoms with van der Waals surface area (Å²) in [4.78, 5) is 22.3. The first-order chi connectivity index (χ1) is 8.15. The van der Waals surface area contributed by atoms with E-state index in [9.17, 15) is 9.59 Å². The quantitative estimate of drug-likeness (QED) is 0.773. The SMILES string of the molecule is O=C(Nc1ccsc1)N[C@H]1CC[C@@H](C(=O)O)C1. The number of hydrogen-bond donors (Lipinski definition) is 3. The monoisotopic (exact) mass is 254 g/mol. The topological polar surface area (TPSA) is 78.4 Å². The van der Waals surface area contributed by atoms with Gasteiger partial charge in [0, 0.05) is 11.4 Å². The molecule has 2 rings (SSSR count). The molecule has 0 aromatic carbocycles. The molecule has 0 spiro atoms. The van der Waals surface area contributed by atoms with E-state index in [1.54, 1.807) is 0 Å². The van der Waals surface area contributed by atoms with Gasteiger partial charge in [-0.05, 0) is 30.7 Å². The average Bonchev–Trinajstić information content (AvgIpc) is 2.88. The van der Waals surface area contributed by atoms with Crippen LogP contribution in [0.4, 0.5) is 10.5 Å². The number of thiophene rings is 1. The molecule has 6 heteroatoms. The lowest BCUT2D eigenvalue weighted by molar-refractivity contribution is -0.141. The van der Waals surface area contributed by atoms with Crippen LogP contribution in [0.25, 0.3) is 0 Å². The maximum absolute atomic E-state index is 11.6. The summed E-state index contributed by atoms with van der Waals surface area (Å²) in [6.45, 7) is 0. The number of anilines is 1. The van der Waals surface area contributed by atoms with Gasteiger partial charge in [0.1, 0.15) is 0 Å². The highest BCUT2D eigenvalue weighted by atomic mass is 32.1. The van der Waals surface area contributed by atoms with E-state index in [1.807, 2.05) is 16.8 Å². The maximum Gasteiger partial charge on any atom is 0.319 e. The molecule has 1 fully saturated rings. The number of carbonyl (C=O) groups is 2. The van der Waals surface area contributed by atoms with Crippen molar-refractivity contribution in [3.63, 3.8) is 0 Å². The predicted octanol–water partition coefficient (Wildman–Crippen LogP) is 2.12. The highest BCUT2D eigenvalue weighted by Gasteiger charge is 2.30. The molecule has 2 atom stereocenters. The van der Waals surface area contributed by atoms with Crippen LogP contribution in [0.1, 0.15) is 19.3 Å². The summed E-state index contributed by atoms with van der Waals surface area (Å²) in [5, 5.41) is 18.1. The number of carboxylic acid groups (broad SMARTS) is 1. The molecular formula is C11H14N2O3S. The third-order valence-corrected chi connectivity index (χ3v) is 3.58. The first-order valence-electron chi connectivity index (χ1n) is 5.47. The van der Waals surface area contributed by atoms with Crippen molar-refractivity contribution in [3.05, 3.63) is 16.8 Å². The third-order valence-electron chi connectivity index (χ3n) is 2.90. The third kappa shape index (κ3) is 3.20. The van der Waals surface area contributed by atoms with Crippen LogP contribution in [0.5, 0.6) is 0 Å². The minimum Gasteiger partial charge on any atom is -0.481 e. The summed E-state index contributed by atoms with van der Waals surface area (Å²) in [5.74, 6) is -1.09. The van der Waals surface area contributed by atoms with Crippen LogP contribution >= 0.6 is 11.3 Å². The van der Waals surface area contributed by atoms with Crippen molar-refractivity contribution < 1.29 is 14.7 Å². The van der Waals surface area contributed by atoms with Crippen molar-refractivity contribution in [1.29, 1.82) is 0 Å². The van der Waals surface area contributed by atoms with Crippen LogP contribution in [0, 0.1) is 5.92 Å². The van der Waals surface area contributed by atoms with Gasteiger partial charge in [0.25, 0.3) is 0 Å². The summed E-state index contributed by atoms with van der Waals surface area (Å²) in [6.07, 6.45) is 1.89. The lowest BCUT2D eigenvalue weighted by Gasteiger charge is -2.12. The molecule has 1 aromatic rings. The van der Waals surface area contributed by atoms with Crippen molar-refractivity contribution in [1.82, 2.24) is 5.32 Å². The van der Waals surface area contributed by atoms with Crippen LogP contribution in [0.3, 0.4) is 0 Å². The van der Waals surface area contributed by atoms with Crippen molar-refractivity contribution in [3.8, 4) is 0 Å². The second-order valence-electron chi connectivity index (χ2n) is 4.16. The van der Waals surface area contributed by atoms with Crippen molar-refractivity contribution >= 4 is 29.0 Å². The molecule has 1 aliphatic rings. The zero-order valence-corrected chi connectivity index (χ0v) is 10.00. The van der Waals surface area contributed by atoms with E-state index >= 15 is 0 Å². The average molecular weight is 254 g/mol. The van der Waals surface area contributed by atoms with Gasteiger partial charge in [0.15, 0.2) is 0 Å². The number of amides is 2. The highest BCUT2D eigenvalue weighted by molar-refractivity contribution is 7.08. The fourth-order valence-electron chi connectivity index (χ4n) is 2.03. The Kier molecular flexibility index (Phi) is 3.63. The van der Waals surface area contributed by atoms with Crippen LogP contribution in [-0.4, -0.2) is 23.1 Å². The Balaban J connectivity index is 1.78. The minimum atomic E-state index is -0.771. The van der Waals surface area contributed by atoms with E-state index in [0.29, 0.717) is 12.8 Å². The van der Waals surface area contributed by atoms with Gasteiger partial charge in [0.05, 0.1) is 11.6 Å². The first-order valence-corrected chi connectivity index (χ1v) is 6.42. The largest absolute Gasteiger partial charge is 0.481 e. The Morgan fingerprint density at radius 2 is 2.24 bits per heavy atom. The van der Waals surface area contributed by atoms with Crippen molar-refractivity contribution in [2.75, 3.05) is 5.32 Å². The van der Waals surface area contributed by atoms with Crippen LogP contribution in [0.15, 0.2) is 16.8 Å². The molecule has 0 saturated heterocycles. The van der Waals surface area contributed by atoms with Gasteiger partial charge in [-0.2, -0.15) is 11.3 Å². The van der Waals surface area contributed by atoms with Gasteiger partial charge >= 0.3 is 12.0 Å². The maximum atomic E-state index is 11.6. The lowest BCUT2D eigenvalue weighted by atomic mass is 10.1. The van der Waals surface area contributed by atoms with Crippen LogP contribution in [-0.2, 0) is 4.79 Å². The summed E-state index contributed by atoms with van der Waals surface area (Å²) in [7, 11) is 0. The van der Waals surface area contributed by atoms with Gasteiger partial charge < -0.3 is 15.7 Å². The van der Waals surface area contributed by atoms with Crippen molar-refractivity contribution in [2.45, 2.75) is 25.3 Å². The predicted molar refractivity (Wildman–Crippen MR) is 65.2 cm³/mol. The van der Waals surface area contributed by atoms with E-state index in [0.717, 1.165) is 12.1 Å². The van der Waals surface area contributed by atoms with Crippen molar-refractivity contribution in [2.24, 2.45) is 5.92 Å². The van der Waals surface area contributed by atoms with Gasteiger partial charge in [-0.1, -0.05) is 0 Å². The molecule has 17 heavy (non-hydrogen) atoms. The smallest absolute Gasteiger partial charge is 0.319 e.